The second kappa shape index (κ2) is 6.88. The Morgan fingerprint density at radius 1 is 1.45 bits per heavy atom. The third-order valence-electron chi connectivity index (χ3n) is 3.86. The molecule has 112 valence electrons. The maximum atomic E-state index is 9.72. The second-order valence-electron chi connectivity index (χ2n) is 5.54. The van der Waals surface area contributed by atoms with Crippen LogP contribution in [-0.4, -0.2) is 40.8 Å². The fourth-order valence-electron chi connectivity index (χ4n) is 2.54. The topological polar surface area (TPSA) is 61.3 Å². The van der Waals surface area contributed by atoms with Gasteiger partial charge in [0.1, 0.15) is 17.5 Å². The molecule has 1 saturated heterocycles. The van der Waals surface area contributed by atoms with Crippen LogP contribution in [0, 0.1) is 5.92 Å². The molecule has 2 atom stereocenters. The van der Waals surface area contributed by atoms with Crippen molar-refractivity contribution in [3.8, 4) is 0 Å². The Morgan fingerprint density at radius 3 is 2.85 bits per heavy atom. The number of hydrogen-bond acceptors (Lipinski definition) is 5. The Bertz CT molecular complexity index is 436. The molecule has 5 heteroatoms. The van der Waals surface area contributed by atoms with E-state index >= 15 is 0 Å². The minimum atomic E-state index is -0.245. The van der Waals surface area contributed by atoms with Gasteiger partial charge in [-0.2, -0.15) is 0 Å². The highest BCUT2D eigenvalue weighted by molar-refractivity contribution is 5.50. The lowest BCUT2D eigenvalue weighted by atomic mass is 10.0. The van der Waals surface area contributed by atoms with E-state index in [1.165, 1.54) is 0 Å². The fourth-order valence-corrected chi connectivity index (χ4v) is 2.54. The number of hydrogen-bond donors (Lipinski definition) is 2. The normalized spacial score (nSPS) is 20.2. The summed E-state index contributed by atoms with van der Waals surface area (Å²) in [6.45, 7) is 8.86. The van der Waals surface area contributed by atoms with Gasteiger partial charge in [-0.05, 0) is 19.8 Å². The number of aliphatic hydroxyl groups is 1. The number of aromatic nitrogens is 2. The first-order valence-electron chi connectivity index (χ1n) is 7.68. The van der Waals surface area contributed by atoms with Gasteiger partial charge in [0.05, 0.1) is 6.10 Å². The summed E-state index contributed by atoms with van der Waals surface area (Å²) < 4.78 is 0. The first kappa shape index (κ1) is 15.0. The molecule has 1 aromatic rings. The fraction of sp³-hybridized carbons (Fsp3) is 0.733. The molecular formula is C15H26N4O. The quantitative estimate of drug-likeness (QED) is 0.834. The third-order valence-corrected chi connectivity index (χ3v) is 3.86. The van der Waals surface area contributed by atoms with Gasteiger partial charge in [0.2, 0.25) is 0 Å². The van der Waals surface area contributed by atoms with Gasteiger partial charge < -0.3 is 15.3 Å². The lowest BCUT2D eigenvalue weighted by Gasteiger charge is -2.20. The molecule has 2 heterocycles. The monoisotopic (exact) mass is 278 g/mol. The predicted octanol–water partition coefficient (Wildman–Crippen LogP) is 2.07. The van der Waals surface area contributed by atoms with E-state index in [-0.39, 0.29) is 6.10 Å². The van der Waals surface area contributed by atoms with Gasteiger partial charge in [0.15, 0.2) is 0 Å². The molecule has 1 aliphatic heterocycles. The predicted molar refractivity (Wildman–Crippen MR) is 82.2 cm³/mol. The van der Waals surface area contributed by atoms with Crippen LogP contribution in [0.25, 0.3) is 0 Å². The second-order valence-corrected chi connectivity index (χ2v) is 5.54. The Morgan fingerprint density at radius 2 is 2.25 bits per heavy atom. The Labute approximate surface area is 121 Å². The van der Waals surface area contributed by atoms with Gasteiger partial charge in [0, 0.05) is 38.0 Å². The van der Waals surface area contributed by atoms with Crippen molar-refractivity contribution in [2.75, 3.05) is 29.9 Å². The van der Waals surface area contributed by atoms with E-state index in [0.29, 0.717) is 5.92 Å². The number of rotatable bonds is 6. The molecule has 0 aliphatic carbocycles. The highest BCUT2D eigenvalue weighted by Crippen LogP contribution is 2.26. The molecule has 1 aromatic heterocycles. The molecule has 2 rings (SSSR count). The van der Waals surface area contributed by atoms with Crippen molar-refractivity contribution >= 4 is 11.6 Å². The van der Waals surface area contributed by atoms with Gasteiger partial charge in [-0.1, -0.05) is 13.8 Å². The summed E-state index contributed by atoms with van der Waals surface area (Å²) in [5, 5.41) is 13.1. The van der Waals surface area contributed by atoms with Gasteiger partial charge in [-0.15, -0.1) is 0 Å². The zero-order valence-electron chi connectivity index (χ0n) is 12.8. The molecule has 0 saturated carbocycles. The van der Waals surface area contributed by atoms with E-state index in [4.69, 9.17) is 0 Å². The molecule has 20 heavy (non-hydrogen) atoms. The SMILES string of the molecule is CCCNc1cc(N2CCC(C(C)O)C2)nc(CC)n1. The highest BCUT2D eigenvalue weighted by atomic mass is 16.3. The molecule has 1 aliphatic rings. The molecule has 0 spiro atoms. The van der Waals surface area contributed by atoms with Crippen molar-refractivity contribution in [2.24, 2.45) is 5.92 Å². The van der Waals surface area contributed by atoms with Crippen molar-refractivity contribution in [2.45, 2.75) is 46.1 Å². The van der Waals surface area contributed by atoms with Crippen LogP contribution in [0.2, 0.25) is 0 Å². The van der Waals surface area contributed by atoms with Gasteiger partial charge >= 0.3 is 0 Å². The summed E-state index contributed by atoms with van der Waals surface area (Å²) in [4.78, 5) is 11.4. The summed E-state index contributed by atoms with van der Waals surface area (Å²) in [6, 6.07) is 2.03. The van der Waals surface area contributed by atoms with Crippen LogP contribution in [0.4, 0.5) is 11.6 Å². The summed E-state index contributed by atoms with van der Waals surface area (Å²) in [5.41, 5.74) is 0. The Kier molecular flexibility index (Phi) is 5.17. The Balaban J connectivity index is 2.14. The molecule has 5 nitrogen and oxygen atoms in total. The number of nitrogens with zero attached hydrogens (tertiary/aromatic N) is 3. The number of aliphatic hydroxyl groups excluding tert-OH is 1. The van der Waals surface area contributed by atoms with Crippen LogP contribution in [0.15, 0.2) is 6.07 Å². The molecule has 0 radical (unpaired) electrons. The maximum Gasteiger partial charge on any atom is 0.134 e. The van der Waals surface area contributed by atoms with Crippen molar-refractivity contribution < 1.29 is 5.11 Å². The molecular weight excluding hydrogens is 252 g/mol. The van der Waals surface area contributed by atoms with Crippen molar-refractivity contribution in [1.82, 2.24) is 9.97 Å². The van der Waals surface area contributed by atoms with E-state index in [1.54, 1.807) is 0 Å². The van der Waals surface area contributed by atoms with E-state index in [2.05, 4.69) is 34.0 Å². The van der Waals surface area contributed by atoms with Crippen molar-refractivity contribution in [1.29, 1.82) is 0 Å². The van der Waals surface area contributed by atoms with E-state index < -0.39 is 0 Å². The van der Waals surface area contributed by atoms with Crippen LogP contribution in [0.3, 0.4) is 0 Å². The third kappa shape index (κ3) is 3.60. The summed E-state index contributed by atoms with van der Waals surface area (Å²) in [6.07, 6.45) is 2.70. The van der Waals surface area contributed by atoms with Crippen molar-refractivity contribution in [3.63, 3.8) is 0 Å². The summed E-state index contributed by atoms with van der Waals surface area (Å²) in [7, 11) is 0. The van der Waals surface area contributed by atoms with E-state index in [9.17, 15) is 5.11 Å². The first-order valence-corrected chi connectivity index (χ1v) is 7.68. The lowest BCUT2D eigenvalue weighted by molar-refractivity contribution is 0.136. The lowest BCUT2D eigenvalue weighted by Crippen LogP contribution is -2.25. The van der Waals surface area contributed by atoms with Gasteiger partial charge in [-0.3, -0.25) is 0 Å². The van der Waals surface area contributed by atoms with Crippen LogP contribution in [-0.2, 0) is 6.42 Å². The minimum absolute atomic E-state index is 0.245. The molecule has 2 N–H and O–H groups in total. The van der Waals surface area contributed by atoms with Crippen LogP contribution in [0.5, 0.6) is 0 Å². The highest BCUT2D eigenvalue weighted by Gasteiger charge is 2.27. The molecule has 0 bridgehead atoms. The molecule has 0 amide bonds. The summed E-state index contributed by atoms with van der Waals surface area (Å²) in [5.74, 6) is 3.12. The van der Waals surface area contributed by atoms with Crippen LogP contribution >= 0.6 is 0 Å². The smallest absolute Gasteiger partial charge is 0.134 e. The van der Waals surface area contributed by atoms with Crippen molar-refractivity contribution in [3.05, 3.63) is 11.9 Å². The zero-order valence-corrected chi connectivity index (χ0v) is 12.8. The minimum Gasteiger partial charge on any atom is -0.393 e. The number of nitrogens with one attached hydrogen (secondary N) is 1. The van der Waals surface area contributed by atoms with Gasteiger partial charge in [-0.25, -0.2) is 9.97 Å². The molecule has 1 fully saturated rings. The average molecular weight is 278 g/mol. The largest absolute Gasteiger partial charge is 0.393 e. The average Bonchev–Trinajstić information content (AvgIpc) is 2.94. The van der Waals surface area contributed by atoms with Crippen LogP contribution < -0.4 is 10.2 Å². The molecule has 2 unspecified atom stereocenters. The maximum absolute atomic E-state index is 9.72. The molecule has 0 aromatic carbocycles. The van der Waals surface area contributed by atoms with E-state index in [1.807, 2.05) is 13.0 Å². The summed E-state index contributed by atoms with van der Waals surface area (Å²) >= 11 is 0. The number of anilines is 2. The van der Waals surface area contributed by atoms with Gasteiger partial charge in [0.25, 0.3) is 0 Å². The van der Waals surface area contributed by atoms with E-state index in [0.717, 1.165) is 56.4 Å². The zero-order chi connectivity index (χ0) is 14.5. The number of aryl methyl sites for hydroxylation is 1. The Hall–Kier alpha value is -1.36. The standard InChI is InChI=1S/C15H26N4O/c1-4-7-16-14-9-15(18-13(5-2)17-14)19-8-6-12(10-19)11(3)20/h9,11-12,20H,4-8,10H2,1-3H3,(H,16,17,18). The van der Waals surface area contributed by atoms with Crippen LogP contribution in [0.1, 0.15) is 39.4 Å². The first-order chi connectivity index (χ1) is 9.63.